The lowest BCUT2D eigenvalue weighted by molar-refractivity contribution is 0.452. The first kappa shape index (κ1) is 12.5. The molecule has 2 N–H and O–H groups in total. The van der Waals surface area contributed by atoms with Crippen LogP contribution < -0.4 is 0 Å². The van der Waals surface area contributed by atoms with Gasteiger partial charge in [0.15, 0.2) is 0 Å². The summed E-state index contributed by atoms with van der Waals surface area (Å²) in [4.78, 5) is 4.41. The number of nitrogens with zero attached hydrogens (tertiary/aromatic N) is 1. The summed E-state index contributed by atoms with van der Waals surface area (Å²) in [6.45, 7) is 0. The molecule has 3 aromatic rings. The van der Waals surface area contributed by atoms with Gasteiger partial charge in [0.2, 0.25) is 0 Å². The number of hydrogen-bond acceptors (Lipinski definition) is 4. The van der Waals surface area contributed by atoms with E-state index in [0.717, 1.165) is 10.2 Å². The van der Waals surface area contributed by atoms with E-state index in [4.69, 9.17) is 23.2 Å². The topological polar surface area (TPSA) is 53.4 Å². The molecular formula is C13H7Cl2NO2S. The number of fused-ring (bicyclic) bond motifs is 1. The van der Waals surface area contributed by atoms with E-state index in [1.165, 1.54) is 23.5 Å². The SMILES string of the molecule is Oc1ccc(-c2nc3ccc(Cl)c(Cl)c3s2)c(O)c1. The Labute approximate surface area is 122 Å². The average molecular weight is 312 g/mol. The van der Waals surface area contributed by atoms with Crippen LogP contribution in [0.1, 0.15) is 0 Å². The number of rotatable bonds is 1. The number of halogens is 2. The highest BCUT2D eigenvalue weighted by Crippen LogP contribution is 2.40. The number of phenolic OH excluding ortho intramolecular Hbond substituents is 2. The molecule has 0 fully saturated rings. The van der Waals surface area contributed by atoms with Gasteiger partial charge in [-0.25, -0.2) is 4.98 Å². The zero-order valence-electron chi connectivity index (χ0n) is 9.39. The number of hydrogen-bond donors (Lipinski definition) is 2. The standard InChI is InChI=1S/C13H7Cl2NO2S/c14-8-3-4-9-12(11(8)15)19-13(16-9)7-2-1-6(17)5-10(7)18/h1-5,17-18H. The Kier molecular flexibility index (Phi) is 3.01. The smallest absolute Gasteiger partial charge is 0.129 e. The van der Waals surface area contributed by atoms with E-state index >= 15 is 0 Å². The summed E-state index contributed by atoms with van der Waals surface area (Å²) in [5, 5.41) is 20.7. The van der Waals surface area contributed by atoms with Gasteiger partial charge in [0.1, 0.15) is 16.5 Å². The van der Waals surface area contributed by atoms with Gasteiger partial charge in [-0.2, -0.15) is 0 Å². The van der Waals surface area contributed by atoms with Crippen LogP contribution in [0.15, 0.2) is 30.3 Å². The Balaban J connectivity index is 2.23. The fourth-order valence-corrected chi connectivity index (χ4v) is 3.28. The van der Waals surface area contributed by atoms with Crippen LogP contribution in [0.5, 0.6) is 11.5 Å². The molecule has 1 aromatic heterocycles. The van der Waals surface area contributed by atoms with Crippen LogP contribution in [-0.4, -0.2) is 15.2 Å². The van der Waals surface area contributed by atoms with E-state index in [1.54, 1.807) is 18.2 Å². The Morgan fingerprint density at radius 1 is 1.05 bits per heavy atom. The normalized spacial score (nSPS) is 11.1. The molecule has 0 amide bonds. The lowest BCUT2D eigenvalue weighted by Gasteiger charge is -2.00. The molecule has 6 heteroatoms. The van der Waals surface area contributed by atoms with Gasteiger partial charge in [-0.3, -0.25) is 0 Å². The molecule has 0 unspecified atom stereocenters. The van der Waals surface area contributed by atoms with Crippen LogP contribution in [0.25, 0.3) is 20.8 Å². The molecule has 0 aliphatic heterocycles. The zero-order chi connectivity index (χ0) is 13.6. The summed E-state index contributed by atoms with van der Waals surface area (Å²) >= 11 is 13.4. The molecule has 19 heavy (non-hydrogen) atoms. The van der Waals surface area contributed by atoms with Crippen molar-refractivity contribution in [2.24, 2.45) is 0 Å². The highest BCUT2D eigenvalue weighted by molar-refractivity contribution is 7.22. The van der Waals surface area contributed by atoms with Gasteiger partial charge in [0, 0.05) is 6.07 Å². The van der Waals surface area contributed by atoms with Crippen LogP contribution in [0.4, 0.5) is 0 Å². The fourth-order valence-electron chi connectivity index (χ4n) is 1.75. The Morgan fingerprint density at radius 3 is 2.58 bits per heavy atom. The lowest BCUT2D eigenvalue weighted by atomic mass is 10.2. The number of aromatic hydroxyl groups is 2. The van der Waals surface area contributed by atoms with Crippen molar-refractivity contribution in [3.63, 3.8) is 0 Å². The first-order chi connectivity index (χ1) is 9.06. The van der Waals surface area contributed by atoms with Gasteiger partial charge >= 0.3 is 0 Å². The van der Waals surface area contributed by atoms with Crippen molar-refractivity contribution in [3.05, 3.63) is 40.4 Å². The third-order valence-electron chi connectivity index (χ3n) is 2.66. The maximum absolute atomic E-state index is 9.84. The van der Waals surface area contributed by atoms with E-state index in [2.05, 4.69) is 4.98 Å². The van der Waals surface area contributed by atoms with E-state index in [-0.39, 0.29) is 11.5 Å². The van der Waals surface area contributed by atoms with Crippen LogP contribution >= 0.6 is 34.5 Å². The van der Waals surface area contributed by atoms with Gasteiger partial charge in [-0.05, 0) is 24.3 Å². The molecule has 0 aliphatic rings. The van der Waals surface area contributed by atoms with Gasteiger partial charge in [-0.15, -0.1) is 11.3 Å². The highest BCUT2D eigenvalue weighted by atomic mass is 35.5. The predicted octanol–water partition coefficient (Wildman–Crippen LogP) is 4.68. The maximum Gasteiger partial charge on any atom is 0.129 e. The molecule has 0 radical (unpaired) electrons. The third kappa shape index (κ3) is 2.12. The summed E-state index contributed by atoms with van der Waals surface area (Å²) in [5.41, 5.74) is 1.27. The maximum atomic E-state index is 9.84. The first-order valence-electron chi connectivity index (χ1n) is 5.33. The van der Waals surface area contributed by atoms with Crippen molar-refractivity contribution in [2.75, 3.05) is 0 Å². The molecule has 0 spiro atoms. The van der Waals surface area contributed by atoms with Crippen molar-refractivity contribution in [2.45, 2.75) is 0 Å². The minimum absolute atomic E-state index is 0.00318. The van der Waals surface area contributed by atoms with Crippen LogP contribution in [0, 0.1) is 0 Å². The van der Waals surface area contributed by atoms with Gasteiger partial charge in [-0.1, -0.05) is 23.2 Å². The predicted molar refractivity (Wildman–Crippen MR) is 78.4 cm³/mol. The van der Waals surface area contributed by atoms with Crippen LogP contribution in [-0.2, 0) is 0 Å². The second kappa shape index (κ2) is 4.56. The van der Waals surface area contributed by atoms with E-state index < -0.39 is 0 Å². The van der Waals surface area contributed by atoms with E-state index in [9.17, 15) is 10.2 Å². The van der Waals surface area contributed by atoms with Gasteiger partial charge < -0.3 is 10.2 Å². The second-order valence-corrected chi connectivity index (χ2v) is 5.71. The first-order valence-corrected chi connectivity index (χ1v) is 6.90. The molecule has 3 rings (SSSR count). The molecule has 0 saturated carbocycles. The van der Waals surface area contributed by atoms with E-state index in [0.29, 0.717) is 20.6 Å². The van der Waals surface area contributed by atoms with Crippen molar-refractivity contribution in [1.29, 1.82) is 0 Å². The summed E-state index contributed by atoms with van der Waals surface area (Å²) in [6, 6.07) is 7.84. The third-order valence-corrected chi connectivity index (χ3v) is 4.70. The molecular weight excluding hydrogens is 305 g/mol. The Bertz CT molecular complexity index is 786. The zero-order valence-corrected chi connectivity index (χ0v) is 11.7. The summed E-state index contributed by atoms with van der Waals surface area (Å²) in [6.07, 6.45) is 0. The molecule has 1 heterocycles. The molecule has 0 aliphatic carbocycles. The molecule has 3 nitrogen and oxygen atoms in total. The number of phenols is 2. The van der Waals surface area contributed by atoms with Gasteiger partial charge in [0.05, 0.1) is 25.8 Å². The van der Waals surface area contributed by atoms with Crippen LogP contribution in [0.2, 0.25) is 10.0 Å². The number of benzene rings is 2. The second-order valence-electron chi connectivity index (χ2n) is 3.93. The molecule has 0 atom stereocenters. The van der Waals surface area contributed by atoms with Crippen LogP contribution in [0.3, 0.4) is 0 Å². The summed E-state index contributed by atoms with van der Waals surface area (Å²) in [5.74, 6) is -0.0234. The Morgan fingerprint density at radius 2 is 1.84 bits per heavy atom. The summed E-state index contributed by atoms with van der Waals surface area (Å²) < 4.78 is 0.775. The van der Waals surface area contributed by atoms with E-state index in [1.807, 2.05) is 0 Å². The van der Waals surface area contributed by atoms with Gasteiger partial charge in [0.25, 0.3) is 0 Å². The average Bonchev–Trinajstić information content (AvgIpc) is 2.78. The quantitative estimate of drug-likeness (QED) is 0.686. The number of aromatic nitrogens is 1. The summed E-state index contributed by atoms with van der Waals surface area (Å²) in [7, 11) is 0. The lowest BCUT2D eigenvalue weighted by Crippen LogP contribution is -1.77. The van der Waals surface area contributed by atoms with Crippen molar-refractivity contribution in [3.8, 4) is 22.1 Å². The molecule has 0 saturated heterocycles. The largest absolute Gasteiger partial charge is 0.508 e. The Hall–Kier alpha value is -1.49. The minimum Gasteiger partial charge on any atom is -0.508 e. The van der Waals surface area contributed by atoms with Crippen molar-refractivity contribution >= 4 is 44.8 Å². The monoisotopic (exact) mass is 311 g/mol. The minimum atomic E-state index is -0.0266. The van der Waals surface area contributed by atoms with Crippen molar-refractivity contribution < 1.29 is 10.2 Å². The molecule has 96 valence electrons. The highest BCUT2D eigenvalue weighted by Gasteiger charge is 2.14. The fraction of sp³-hybridized carbons (Fsp3) is 0. The van der Waals surface area contributed by atoms with Crippen molar-refractivity contribution in [1.82, 2.24) is 4.98 Å². The number of thiazole rings is 1. The molecule has 0 bridgehead atoms. The molecule has 2 aromatic carbocycles.